The molecule has 12 rings (SSSR count). The van der Waals surface area contributed by atoms with Crippen molar-refractivity contribution in [3.8, 4) is 97.5 Å². The van der Waals surface area contributed by atoms with E-state index in [-0.39, 0.29) is 0 Å². The molecule has 3 heterocycles. The van der Waals surface area contributed by atoms with Gasteiger partial charge in [0, 0.05) is 44.4 Å². The zero-order chi connectivity index (χ0) is 55.2. The molecule has 0 aliphatic rings. The second-order valence-corrected chi connectivity index (χ2v) is 18.8. The van der Waals surface area contributed by atoms with Crippen molar-refractivity contribution in [2.75, 3.05) is 0 Å². The van der Waals surface area contributed by atoms with Gasteiger partial charge in [0.15, 0.2) is 22.7 Å². The lowest BCUT2D eigenvalue weighted by Gasteiger charge is -2.18. The van der Waals surface area contributed by atoms with Crippen LogP contribution < -0.4 is 0 Å². The van der Waals surface area contributed by atoms with Crippen LogP contribution in [0.25, 0.3) is 130 Å². The van der Waals surface area contributed by atoms with E-state index in [0.717, 1.165) is 65.9 Å². The van der Waals surface area contributed by atoms with Crippen molar-refractivity contribution in [3.05, 3.63) is 256 Å². The van der Waals surface area contributed by atoms with Gasteiger partial charge in [0.1, 0.15) is 0 Å². The van der Waals surface area contributed by atoms with Gasteiger partial charge in [-0.15, -0.1) is 0 Å². The maximum Gasteiger partial charge on any atom is 0.189 e. The summed E-state index contributed by atoms with van der Waals surface area (Å²) in [6, 6.07) is 64.7. The minimum atomic E-state index is 0.330. The van der Waals surface area contributed by atoms with Crippen LogP contribution in [0.5, 0.6) is 0 Å². The number of benzene rings is 9. The Bertz CT molecular complexity index is 4750. The lowest BCUT2D eigenvalue weighted by atomic mass is 9.97. The summed E-state index contributed by atoms with van der Waals surface area (Å²) >= 11 is 0. The second kappa shape index (κ2) is 19.4. The Kier molecular flexibility index (Phi) is 11.7. The van der Waals surface area contributed by atoms with Crippen molar-refractivity contribution in [2.45, 2.75) is 0 Å². The van der Waals surface area contributed by atoms with Gasteiger partial charge in [-0.1, -0.05) is 42.5 Å². The van der Waals surface area contributed by atoms with E-state index in [4.69, 9.17) is 31.3 Å². The highest BCUT2D eigenvalue weighted by atomic mass is 15.0. The number of hydrogen-bond donors (Lipinski definition) is 0. The molecule has 9 aromatic carbocycles. The summed E-state index contributed by atoms with van der Waals surface area (Å²) < 4.78 is 4.25. The summed E-state index contributed by atoms with van der Waals surface area (Å²) in [6.45, 7) is 31.1. The van der Waals surface area contributed by atoms with Crippen LogP contribution in [0.1, 0.15) is 27.8 Å². The smallest absolute Gasteiger partial charge is 0.189 e. The molecule has 80 heavy (non-hydrogen) atoms. The van der Waals surface area contributed by atoms with Crippen LogP contribution in [0.2, 0.25) is 0 Å². The molecule has 0 spiro atoms. The molecular weight excluding hydrogens is 985 g/mol. The van der Waals surface area contributed by atoms with Crippen LogP contribution in [-0.4, -0.2) is 14.1 Å². The Morgan fingerprint density at radius 2 is 0.688 bits per heavy atom. The molecule has 0 bridgehead atoms. The van der Waals surface area contributed by atoms with Gasteiger partial charge in [-0.05, 0) is 178 Å². The molecular formula is C68H30N12. The van der Waals surface area contributed by atoms with E-state index in [1.165, 1.54) is 0 Å². The summed E-state index contributed by atoms with van der Waals surface area (Å²) in [6.07, 6.45) is 1.71. The number of rotatable bonds is 7. The highest BCUT2D eigenvalue weighted by Crippen LogP contribution is 2.44. The molecule has 0 saturated heterocycles. The van der Waals surface area contributed by atoms with E-state index < -0.39 is 0 Å². The van der Waals surface area contributed by atoms with Gasteiger partial charge >= 0.3 is 0 Å². The zero-order valence-electron chi connectivity index (χ0n) is 41.7. The molecule has 0 atom stereocenters. The minimum Gasteiger partial charge on any atom is -0.309 e. The Morgan fingerprint density at radius 3 is 1.09 bits per heavy atom. The van der Waals surface area contributed by atoms with Crippen molar-refractivity contribution >= 4 is 66.4 Å². The topological polar surface area (TPSA) is 159 Å². The van der Waals surface area contributed by atoms with Gasteiger partial charge < -0.3 is 9.13 Å². The van der Waals surface area contributed by atoms with Crippen LogP contribution >= 0.6 is 0 Å². The molecule has 0 N–H and O–H groups in total. The summed E-state index contributed by atoms with van der Waals surface area (Å²) in [5.74, 6) is 0. The fourth-order valence-electron chi connectivity index (χ4n) is 10.7. The van der Waals surface area contributed by atoms with Crippen molar-refractivity contribution in [3.63, 3.8) is 0 Å². The third-order valence-corrected chi connectivity index (χ3v) is 14.2. The molecule has 0 amide bonds. The Labute approximate surface area is 457 Å². The maximum absolute atomic E-state index is 10.6. The highest BCUT2D eigenvalue weighted by molar-refractivity contribution is 6.14. The van der Waals surface area contributed by atoms with Gasteiger partial charge in [0.25, 0.3) is 0 Å². The van der Waals surface area contributed by atoms with Gasteiger partial charge in [0.05, 0.1) is 112 Å². The summed E-state index contributed by atoms with van der Waals surface area (Å²) in [5.41, 5.74) is 14.7. The fraction of sp³-hybridized carbons (Fsp3) is 0. The van der Waals surface area contributed by atoms with Crippen LogP contribution in [0.4, 0.5) is 22.7 Å². The third-order valence-electron chi connectivity index (χ3n) is 14.2. The van der Waals surface area contributed by atoms with Gasteiger partial charge in [-0.2, -0.15) is 26.3 Å². The molecule has 12 aromatic rings. The number of pyridine rings is 1. The van der Waals surface area contributed by atoms with E-state index in [2.05, 4.69) is 58.9 Å². The van der Waals surface area contributed by atoms with Crippen LogP contribution in [0.15, 0.2) is 182 Å². The van der Waals surface area contributed by atoms with Gasteiger partial charge in [-0.3, -0.25) is 4.98 Å². The van der Waals surface area contributed by atoms with E-state index in [1.54, 1.807) is 85.1 Å². The first-order chi connectivity index (χ1) is 39.2. The third kappa shape index (κ3) is 8.17. The summed E-state index contributed by atoms with van der Waals surface area (Å²) in [7, 11) is 0. The summed E-state index contributed by atoms with van der Waals surface area (Å²) in [4.78, 5) is 19.7. The first-order valence-corrected chi connectivity index (χ1v) is 24.6. The highest BCUT2D eigenvalue weighted by Gasteiger charge is 2.24. The van der Waals surface area contributed by atoms with E-state index in [9.17, 15) is 26.3 Å². The van der Waals surface area contributed by atoms with Crippen LogP contribution in [-0.2, 0) is 0 Å². The van der Waals surface area contributed by atoms with Crippen LogP contribution in [0, 0.1) is 82.9 Å². The van der Waals surface area contributed by atoms with E-state index in [1.807, 2.05) is 97.1 Å². The number of nitriles is 5. The Morgan fingerprint density at radius 1 is 0.325 bits per heavy atom. The normalized spacial score (nSPS) is 10.6. The Balaban J connectivity index is 1.12. The Hall–Kier alpha value is -12.9. The SMILES string of the molecule is [C-]#[N+]c1cc(C#N)cc(-c2ccc3c(c2)c2cc(-c4cc([N+]#[C-])cc([N+]#[C-])c4)ccc2n3-c2ccc(C#N)cc2-c2ncccc2-n2c3ccc(-c4cc(C#N)cc(C#N)c4)cc3c3cc(-c4cc(C#N)cc([N+]#[C-])c4)ccc32)c1. The largest absolute Gasteiger partial charge is 0.309 e. The molecule has 0 unspecified atom stereocenters. The predicted octanol–water partition coefficient (Wildman–Crippen LogP) is 17.2. The lowest BCUT2D eigenvalue weighted by Crippen LogP contribution is -2.03. The van der Waals surface area contributed by atoms with Crippen molar-refractivity contribution in [2.24, 2.45) is 0 Å². The molecule has 0 aliphatic heterocycles. The van der Waals surface area contributed by atoms with Crippen LogP contribution in [0.3, 0.4) is 0 Å². The second-order valence-electron chi connectivity index (χ2n) is 18.8. The number of aromatic nitrogens is 3. The molecule has 362 valence electrons. The molecule has 0 fully saturated rings. The van der Waals surface area contributed by atoms with Gasteiger partial charge in [-0.25, -0.2) is 19.4 Å². The number of fused-ring (bicyclic) bond motifs is 6. The number of nitrogens with zero attached hydrogens (tertiary/aromatic N) is 12. The summed E-state index contributed by atoms with van der Waals surface area (Å²) in [5, 5.41) is 53.6. The van der Waals surface area contributed by atoms with Crippen molar-refractivity contribution in [1.82, 2.24) is 14.1 Å². The monoisotopic (exact) mass is 1010 g/mol. The first kappa shape index (κ1) is 48.1. The van der Waals surface area contributed by atoms with Crippen molar-refractivity contribution < 1.29 is 0 Å². The lowest BCUT2D eigenvalue weighted by molar-refractivity contribution is 1.13. The molecule has 0 saturated carbocycles. The molecule has 0 aliphatic carbocycles. The quantitative estimate of drug-likeness (QED) is 0.145. The average molecular weight is 1020 g/mol. The molecule has 12 heteroatoms. The minimum absolute atomic E-state index is 0.330. The molecule has 12 nitrogen and oxygen atoms in total. The van der Waals surface area contributed by atoms with Crippen molar-refractivity contribution in [1.29, 1.82) is 26.3 Å². The van der Waals surface area contributed by atoms with Gasteiger partial charge in [0.2, 0.25) is 0 Å². The fourth-order valence-corrected chi connectivity index (χ4v) is 10.7. The average Bonchev–Trinajstić information content (AvgIpc) is 4.04. The molecule has 0 radical (unpaired) electrons. The maximum atomic E-state index is 10.6. The number of hydrogen-bond acceptors (Lipinski definition) is 6. The van der Waals surface area contributed by atoms with E-state index >= 15 is 0 Å². The zero-order valence-corrected chi connectivity index (χ0v) is 41.7. The standard InChI is InChI=1S/C68H30N12/c1-74-53-23-43(38-72)21-50(26-53)46-9-13-62-57(31-46)58-33-48(52-28-55(76-3)34-56(29-52)77-4)11-14-63(58)79(62)66-12-7-40(35-69)25-61(66)68-67(6-5-17-78-68)80-64-15-8-45(49-19-41(36-70)18-42(20-49)37-71)30-59(64)60-32-47(10-16-65(60)80)51-22-44(39-73)24-54(27-51)75-2/h5-34H. The predicted molar refractivity (Wildman–Crippen MR) is 309 cm³/mol. The molecule has 3 aromatic heterocycles. The first-order valence-electron chi connectivity index (χ1n) is 24.6. The van der Waals surface area contributed by atoms with E-state index in [0.29, 0.717) is 95.5 Å².